The van der Waals surface area contributed by atoms with Crippen LogP contribution in [0.3, 0.4) is 0 Å². The lowest BCUT2D eigenvalue weighted by molar-refractivity contribution is -0.145. The molecular weight excluding hydrogens is 236 g/mol. The molecule has 6 heteroatoms. The zero-order valence-corrected chi connectivity index (χ0v) is 10.8. The number of nitrogens with one attached hydrogen (secondary N) is 1. The van der Waals surface area contributed by atoms with E-state index in [1.165, 1.54) is 0 Å². The van der Waals surface area contributed by atoms with E-state index in [0.717, 1.165) is 6.42 Å². The van der Waals surface area contributed by atoms with Crippen LogP contribution in [0.5, 0.6) is 0 Å². The Kier molecular flexibility index (Phi) is 4.06. The summed E-state index contributed by atoms with van der Waals surface area (Å²) in [4.78, 5) is 24.9. The third-order valence-corrected chi connectivity index (χ3v) is 3.49. The molecule has 18 heavy (non-hydrogen) atoms. The van der Waals surface area contributed by atoms with E-state index < -0.39 is 0 Å². The molecule has 2 aliphatic rings. The normalized spacial score (nSPS) is 30.1. The average Bonchev–Trinajstić information content (AvgIpc) is 2.86. The smallest absolute Gasteiger partial charge is 0.409 e. The summed E-state index contributed by atoms with van der Waals surface area (Å²) >= 11 is 0. The van der Waals surface area contributed by atoms with Crippen LogP contribution in [0, 0.1) is 5.92 Å². The van der Waals surface area contributed by atoms with E-state index in [1.807, 2.05) is 0 Å². The Morgan fingerprint density at radius 1 is 1.22 bits per heavy atom. The van der Waals surface area contributed by atoms with Gasteiger partial charge in [0.2, 0.25) is 0 Å². The molecule has 0 spiro atoms. The summed E-state index contributed by atoms with van der Waals surface area (Å²) in [6.45, 7) is 5.66. The van der Waals surface area contributed by atoms with Crippen molar-refractivity contribution < 1.29 is 19.1 Å². The first-order valence-electron chi connectivity index (χ1n) is 6.50. The Morgan fingerprint density at radius 2 is 1.94 bits per heavy atom. The highest BCUT2D eigenvalue weighted by Gasteiger charge is 2.45. The van der Waals surface area contributed by atoms with E-state index in [1.54, 1.807) is 18.7 Å². The van der Waals surface area contributed by atoms with E-state index >= 15 is 0 Å². The van der Waals surface area contributed by atoms with Gasteiger partial charge in [-0.3, -0.25) is 10.1 Å². The fourth-order valence-corrected chi connectivity index (χ4v) is 2.70. The van der Waals surface area contributed by atoms with E-state index in [0.29, 0.717) is 32.2 Å². The summed E-state index contributed by atoms with van der Waals surface area (Å²) in [5, 5.41) is 3.24. The Labute approximate surface area is 107 Å². The van der Waals surface area contributed by atoms with E-state index in [-0.39, 0.29) is 24.1 Å². The Morgan fingerprint density at radius 3 is 2.56 bits per heavy atom. The summed E-state index contributed by atoms with van der Waals surface area (Å²) in [6, 6.07) is -0.0342. The molecule has 102 valence electrons. The van der Waals surface area contributed by atoms with Crippen LogP contribution >= 0.6 is 0 Å². The summed E-state index contributed by atoms with van der Waals surface area (Å²) in [5.74, 6) is 0.137. The van der Waals surface area contributed by atoms with Crippen LogP contribution in [-0.4, -0.2) is 55.3 Å². The number of fused-ring (bicyclic) bond motifs is 1. The van der Waals surface area contributed by atoms with E-state index in [2.05, 4.69) is 5.32 Å². The molecule has 0 aromatic heterocycles. The number of carbonyl (C=O) groups excluding carboxylic acids is 2. The predicted octanol–water partition coefficient (Wildman–Crippen LogP) is 0.368. The van der Waals surface area contributed by atoms with Crippen molar-refractivity contribution in [1.82, 2.24) is 10.2 Å². The van der Waals surface area contributed by atoms with Crippen molar-refractivity contribution in [3.05, 3.63) is 0 Å². The highest BCUT2D eigenvalue weighted by atomic mass is 16.6. The maximum absolute atomic E-state index is 11.6. The average molecular weight is 256 g/mol. The summed E-state index contributed by atoms with van der Waals surface area (Å²) in [7, 11) is 0. The van der Waals surface area contributed by atoms with Gasteiger partial charge in [-0.2, -0.15) is 0 Å². The molecule has 1 amide bonds. The summed E-state index contributed by atoms with van der Waals surface area (Å²) in [6.07, 6.45) is 0.473. The molecule has 0 unspecified atom stereocenters. The third-order valence-electron chi connectivity index (χ3n) is 3.49. The van der Waals surface area contributed by atoms with Crippen molar-refractivity contribution in [2.45, 2.75) is 32.4 Å². The lowest BCUT2D eigenvalue weighted by atomic mass is 10.0. The fraction of sp³-hybridized carbons (Fsp3) is 0.833. The van der Waals surface area contributed by atoms with Gasteiger partial charge in [-0.1, -0.05) is 0 Å². The molecule has 1 N–H and O–H groups in total. The molecule has 2 saturated heterocycles. The number of nitrogens with zero attached hydrogens (tertiary/aromatic N) is 1. The molecule has 0 aromatic rings. The predicted molar refractivity (Wildman–Crippen MR) is 64.0 cm³/mol. The number of rotatable bonds is 3. The number of hydrogen-bond donors (Lipinski definition) is 1. The first kappa shape index (κ1) is 13.1. The van der Waals surface area contributed by atoms with Crippen molar-refractivity contribution in [3.8, 4) is 0 Å². The topological polar surface area (TPSA) is 67.9 Å². The second-order valence-corrected chi connectivity index (χ2v) is 4.68. The first-order chi connectivity index (χ1) is 8.65. The van der Waals surface area contributed by atoms with Crippen molar-refractivity contribution in [2.24, 2.45) is 5.92 Å². The standard InChI is InChI=1S/C12H20N2O4/c1-3-17-11(15)9-5-8-6-14(7-10(8)13-9)12(16)18-4-2/h8-10,13H,3-7H2,1-2H3/t8-,9-,10+/m0/s1. The Bertz CT molecular complexity index is 290. The van der Waals surface area contributed by atoms with Gasteiger partial charge >= 0.3 is 12.1 Å². The van der Waals surface area contributed by atoms with Crippen LogP contribution < -0.4 is 5.32 Å². The molecule has 2 rings (SSSR count). The van der Waals surface area contributed by atoms with Gasteiger partial charge in [0.25, 0.3) is 0 Å². The van der Waals surface area contributed by atoms with Crippen LogP contribution in [0.15, 0.2) is 0 Å². The number of amides is 1. The number of ether oxygens (including phenoxy) is 2. The molecule has 6 nitrogen and oxygen atoms in total. The zero-order chi connectivity index (χ0) is 13.1. The van der Waals surface area contributed by atoms with Gasteiger partial charge in [-0.25, -0.2) is 4.79 Å². The molecule has 0 bridgehead atoms. The Hall–Kier alpha value is -1.30. The molecule has 3 atom stereocenters. The van der Waals surface area contributed by atoms with E-state index in [9.17, 15) is 9.59 Å². The minimum absolute atomic E-state index is 0.184. The SMILES string of the molecule is CCOC(=O)[C@@H]1C[C@H]2CN(C(=O)OCC)C[C@H]2N1. The maximum Gasteiger partial charge on any atom is 0.409 e. The molecular formula is C12H20N2O4. The molecule has 0 aromatic carbocycles. The van der Waals surface area contributed by atoms with Crippen LogP contribution in [0.2, 0.25) is 0 Å². The van der Waals surface area contributed by atoms with Gasteiger partial charge in [0.15, 0.2) is 0 Å². The number of likely N-dealkylation sites (tertiary alicyclic amines) is 1. The van der Waals surface area contributed by atoms with Gasteiger partial charge in [0, 0.05) is 19.1 Å². The summed E-state index contributed by atoms with van der Waals surface area (Å²) < 4.78 is 9.97. The summed E-state index contributed by atoms with van der Waals surface area (Å²) in [5.41, 5.74) is 0. The van der Waals surface area contributed by atoms with Gasteiger partial charge in [-0.05, 0) is 26.2 Å². The molecule has 2 aliphatic heterocycles. The number of hydrogen-bond acceptors (Lipinski definition) is 5. The molecule has 0 aliphatic carbocycles. The highest BCUT2D eigenvalue weighted by molar-refractivity contribution is 5.76. The lowest BCUT2D eigenvalue weighted by Gasteiger charge is -2.18. The Balaban J connectivity index is 1.84. The van der Waals surface area contributed by atoms with Crippen molar-refractivity contribution in [2.75, 3.05) is 26.3 Å². The van der Waals surface area contributed by atoms with Crippen LogP contribution in [-0.2, 0) is 14.3 Å². The van der Waals surface area contributed by atoms with E-state index in [4.69, 9.17) is 9.47 Å². The van der Waals surface area contributed by atoms with Gasteiger partial charge in [-0.15, -0.1) is 0 Å². The van der Waals surface area contributed by atoms with Crippen LogP contribution in [0.25, 0.3) is 0 Å². The van der Waals surface area contributed by atoms with Gasteiger partial charge in [0.05, 0.1) is 13.2 Å². The third kappa shape index (κ3) is 2.58. The maximum atomic E-state index is 11.6. The number of carbonyl (C=O) groups is 2. The van der Waals surface area contributed by atoms with Crippen molar-refractivity contribution in [3.63, 3.8) is 0 Å². The molecule has 2 fully saturated rings. The molecule has 0 radical (unpaired) electrons. The highest BCUT2D eigenvalue weighted by Crippen LogP contribution is 2.28. The number of esters is 1. The lowest BCUT2D eigenvalue weighted by Crippen LogP contribution is -2.41. The zero-order valence-electron chi connectivity index (χ0n) is 10.8. The largest absolute Gasteiger partial charge is 0.465 e. The second kappa shape index (κ2) is 5.56. The van der Waals surface area contributed by atoms with Gasteiger partial charge in [0.1, 0.15) is 6.04 Å². The molecule has 2 heterocycles. The van der Waals surface area contributed by atoms with Crippen LogP contribution in [0.1, 0.15) is 20.3 Å². The monoisotopic (exact) mass is 256 g/mol. The minimum Gasteiger partial charge on any atom is -0.465 e. The van der Waals surface area contributed by atoms with Crippen molar-refractivity contribution in [1.29, 1.82) is 0 Å². The quantitative estimate of drug-likeness (QED) is 0.739. The van der Waals surface area contributed by atoms with Gasteiger partial charge < -0.3 is 14.4 Å². The van der Waals surface area contributed by atoms with Crippen molar-refractivity contribution >= 4 is 12.1 Å². The van der Waals surface area contributed by atoms with Crippen LogP contribution in [0.4, 0.5) is 4.79 Å². The fourth-order valence-electron chi connectivity index (χ4n) is 2.70. The first-order valence-corrected chi connectivity index (χ1v) is 6.50. The molecule has 0 saturated carbocycles. The second-order valence-electron chi connectivity index (χ2n) is 4.68. The minimum atomic E-state index is -0.263.